The molecule has 1 aliphatic heterocycles. The molecule has 5 nitrogen and oxygen atoms in total. The van der Waals surface area contributed by atoms with Gasteiger partial charge in [0.2, 0.25) is 0 Å². The Morgan fingerprint density at radius 3 is 3.22 bits per heavy atom. The summed E-state index contributed by atoms with van der Waals surface area (Å²) in [5.74, 6) is 1.22. The van der Waals surface area contributed by atoms with E-state index in [0.717, 1.165) is 43.9 Å². The SMILES string of the molecule is COCc1cc(CN2CCCC(C(C)=O)C2)no1. The summed E-state index contributed by atoms with van der Waals surface area (Å²) >= 11 is 0. The number of carbonyl (C=O) groups excluding carboxylic acids is 1. The maximum atomic E-state index is 11.4. The number of likely N-dealkylation sites (tertiary alicyclic amines) is 1. The molecular weight excluding hydrogens is 232 g/mol. The maximum Gasteiger partial charge on any atom is 0.162 e. The first-order valence-corrected chi connectivity index (χ1v) is 6.35. The Bertz CT molecular complexity index is 403. The number of aromatic nitrogens is 1. The molecule has 0 spiro atoms. The number of carbonyl (C=O) groups is 1. The molecule has 1 atom stereocenters. The Kier molecular flexibility index (Phi) is 4.49. The summed E-state index contributed by atoms with van der Waals surface area (Å²) in [5.41, 5.74) is 0.909. The van der Waals surface area contributed by atoms with Crippen LogP contribution < -0.4 is 0 Å². The lowest BCUT2D eigenvalue weighted by atomic mass is 9.94. The lowest BCUT2D eigenvalue weighted by molar-refractivity contribution is -0.122. The minimum Gasteiger partial charge on any atom is -0.377 e. The smallest absolute Gasteiger partial charge is 0.162 e. The first kappa shape index (κ1) is 13.2. The summed E-state index contributed by atoms with van der Waals surface area (Å²) in [6, 6.07) is 1.92. The van der Waals surface area contributed by atoms with Gasteiger partial charge in [0, 0.05) is 32.2 Å². The van der Waals surface area contributed by atoms with Crippen LogP contribution in [-0.2, 0) is 22.7 Å². The van der Waals surface area contributed by atoms with Crippen molar-refractivity contribution in [2.75, 3.05) is 20.2 Å². The molecule has 2 rings (SSSR count). The van der Waals surface area contributed by atoms with Crippen molar-refractivity contribution in [3.8, 4) is 0 Å². The second-order valence-corrected chi connectivity index (χ2v) is 4.90. The van der Waals surface area contributed by atoms with Crippen LogP contribution >= 0.6 is 0 Å². The fourth-order valence-electron chi connectivity index (χ4n) is 2.40. The molecule has 0 aromatic carbocycles. The zero-order valence-corrected chi connectivity index (χ0v) is 11.0. The summed E-state index contributed by atoms with van der Waals surface area (Å²) in [5, 5.41) is 4.02. The third-order valence-corrected chi connectivity index (χ3v) is 3.36. The van der Waals surface area contributed by atoms with Gasteiger partial charge in [0.05, 0.1) is 5.69 Å². The molecule has 0 radical (unpaired) electrons. The average molecular weight is 252 g/mol. The number of hydrogen-bond donors (Lipinski definition) is 0. The lowest BCUT2D eigenvalue weighted by Crippen LogP contribution is -2.37. The van der Waals surface area contributed by atoms with Crippen LogP contribution in [0.4, 0.5) is 0 Å². The normalized spacial score (nSPS) is 21.1. The average Bonchev–Trinajstić information content (AvgIpc) is 2.77. The first-order valence-electron chi connectivity index (χ1n) is 6.35. The molecule has 1 saturated heterocycles. The number of rotatable bonds is 5. The Hall–Kier alpha value is -1.20. The molecule has 0 N–H and O–H groups in total. The number of hydrogen-bond acceptors (Lipinski definition) is 5. The molecule has 100 valence electrons. The van der Waals surface area contributed by atoms with Gasteiger partial charge in [-0.05, 0) is 26.3 Å². The van der Waals surface area contributed by atoms with E-state index >= 15 is 0 Å². The van der Waals surface area contributed by atoms with Crippen LogP contribution in [0, 0.1) is 5.92 Å². The quantitative estimate of drug-likeness (QED) is 0.797. The van der Waals surface area contributed by atoms with Gasteiger partial charge in [0.15, 0.2) is 5.76 Å². The molecule has 1 fully saturated rings. The van der Waals surface area contributed by atoms with Gasteiger partial charge in [-0.25, -0.2) is 0 Å². The van der Waals surface area contributed by atoms with Gasteiger partial charge in [-0.3, -0.25) is 9.69 Å². The zero-order chi connectivity index (χ0) is 13.0. The molecule has 0 amide bonds. The van der Waals surface area contributed by atoms with E-state index in [2.05, 4.69) is 10.1 Å². The Balaban J connectivity index is 1.89. The number of nitrogens with zero attached hydrogens (tertiary/aromatic N) is 2. The first-order chi connectivity index (χ1) is 8.69. The van der Waals surface area contributed by atoms with Crippen molar-refractivity contribution in [3.63, 3.8) is 0 Å². The van der Waals surface area contributed by atoms with E-state index in [9.17, 15) is 4.79 Å². The summed E-state index contributed by atoms with van der Waals surface area (Å²) in [7, 11) is 1.63. The lowest BCUT2D eigenvalue weighted by Gasteiger charge is -2.30. The highest BCUT2D eigenvalue weighted by Crippen LogP contribution is 2.19. The molecule has 1 aliphatic rings. The monoisotopic (exact) mass is 252 g/mol. The van der Waals surface area contributed by atoms with Crippen LogP contribution in [0.25, 0.3) is 0 Å². The summed E-state index contributed by atoms with van der Waals surface area (Å²) < 4.78 is 10.1. The van der Waals surface area contributed by atoms with E-state index in [1.807, 2.05) is 6.07 Å². The molecule has 1 aromatic rings. The van der Waals surface area contributed by atoms with Gasteiger partial charge in [0.25, 0.3) is 0 Å². The molecular formula is C13H20N2O3. The molecule has 18 heavy (non-hydrogen) atoms. The fraction of sp³-hybridized carbons (Fsp3) is 0.692. The van der Waals surface area contributed by atoms with Crippen molar-refractivity contribution in [2.45, 2.75) is 32.9 Å². The highest BCUT2D eigenvalue weighted by molar-refractivity contribution is 5.78. The molecule has 1 aromatic heterocycles. The zero-order valence-electron chi connectivity index (χ0n) is 11.0. The van der Waals surface area contributed by atoms with Crippen LogP contribution in [0.5, 0.6) is 0 Å². The number of piperidine rings is 1. The Morgan fingerprint density at radius 2 is 2.50 bits per heavy atom. The molecule has 0 bridgehead atoms. The summed E-state index contributed by atoms with van der Waals surface area (Å²) in [6.07, 6.45) is 2.09. The Labute approximate surface area is 107 Å². The predicted octanol–water partition coefficient (Wildman–Crippen LogP) is 1.62. The largest absolute Gasteiger partial charge is 0.377 e. The van der Waals surface area contributed by atoms with E-state index in [0.29, 0.717) is 12.4 Å². The van der Waals surface area contributed by atoms with Gasteiger partial charge in [-0.15, -0.1) is 0 Å². The summed E-state index contributed by atoms with van der Waals surface area (Å²) in [4.78, 5) is 13.7. The molecule has 0 aliphatic carbocycles. The van der Waals surface area contributed by atoms with Gasteiger partial charge in [0.1, 0.15) is 12.4 Å². The number of methoxy groups -OCH3 is 1. The van der Waals surface area contributed by atoms with E-state index in [-0.39, 0.29) is 5.92 Å². The minimum absolute atomic E-state index is 0.184. The fourth-order valence-corrected chi connectivity index (χ4v) is 2.40. The van der Waals surface area contributed by atoms with Crippen LogP contribution in [0.15, 0.2) is 10.6 Å². The maximum absolute atomic E-state index is 11.4. The Morgan fingerprint density at radius 1 is 1.67 bits per heavy atom. The number of ketones is 1. The van der Waals surface area contributed by atoms with Crippen LogP contribution in [0.1, 0.15) is 31.2 Å². The topological polar surface area (TPSA) is 55.6 Å². The van der Waals surface area contributed by atoms with Crippen molar-refractivity contribution < 1.29 is 14.1 Å². The van der Waals surface area contributed by atoms with Crippen LogP contribution in [0.2, 0.25) is 0 Å². The predicted molar refractivity (Wildman–Crippen MR) is 65.9 cm³/mol. The van der Waals surface area contributed by atoms with Gasteiger partial charge < -0.3 is 9.26 Å². The third-order valence-electron chi connectivity index (χ3n) is 3.36. The second kappa shape index (κ2) is 6.11. The summed E-state index contributed by atoms with van der Waals surface area (Å²) in [6.45, 7) is 4.74. The van der Waals surface area contributed by atoms with Gasteiger partial charge in [-0.1, -0.05) is 5.16 Å². The highest BCUT2D eigenvalue weighted by atomic mass is 16.5. The second-order valence-electron chi connectivity index (χ2n) is 4.90. The third kappa shape index (κ3) is 3.40. The van der Waals surface area contributed by atoms with Gasteiger partial charge in [-0.2, -0.15) is 0 Å². The van der Waals surface area contributed by atoms with E-state index in [1.54, 1.807) is 14.0 Å². The van der Waals surface area contributed by atoms with E-state index in [4.69, 9.17) is 9.26 Å². The highest BCUT2D eigenvalue weighted by Gasteiger charge is 2.23. The van der Waals surface area contributed by atoms with Crippen molar-refractivity contribution in [2.24, 2.45) is 5.92 Å². The van der Waals surface area contributed by atoms with Crippen molar-refractivity contribution >= 4 is 5.78 Å². The molecule has 2 heterocycles. The number of Topliss-reactive ketones (excluding diaryl/α,β-unsaturated/α-hetero) is 1. The van der Waals surface area contributed by atoms with Crippen LogP contribution in [-0.4, -0.2) is 36.0 Å². The van der Waals surface area contributed by atoms with Crippen molar-refractivity contribution in [1.82, 2.24) is 10.1 Å². The molecule has 5 heteroatoms. The van der Waals surface area contributed by atoms with Crippen molar-refractivity contribution in [3.05, 3.63) is 17.5 Å². The number of ether oxygens (including phenoxy) is 1. The van der Waals surface area contributed by atoms with Crippen LogP contribution in [0.3, 0.4) is 0 Å². The van der Waals surface area contributed by atoms with E-state index in [1.165, 1.54) is 0 Å². The van der Waals surface area contributed by atoms with Gasteiger partial charge >= 0.3 is 0 Å². The molecule has 0 saturated carbocycles. The molecule has 1 unspecified atom stereocenters. The van der Waals surface area contributed by atoms with E-state index < -0.39 is 0 Å². The standard InChI is InChI=1S/C13H20N2O3/c1-10(16)11-4-3-5-15(7-11)8-12-6-13(9-17-2)18-14-12/h6,11H,3-5,7-9H2,1-2H3. The van der Waals surface area contributed by atoms with Crippen molar-refractivity contribution in [1.29, 1.82) is 0 Å². The minimum atomic E-state index is 0.184.